The zero-order valence-corrected chi connectivity index (χ0v) is 14.7. The summed E-state index contributed by atoms with van der Waals surface area (Å²) in [7, 11) is 1.78. The van der Waals surface area contributed by atoms with E-state index in [2.05, 4.69) is 5.10 Å². The van der Waals surface area contributed by atoms with Crippen LogP contribution in [0, 0.1) is 11.3 Å². The summed E-state index contributed by atoms with van der Waals surface area (Å²) in [5.41, 5.74) is 0.280. The van der Waals surface area contributed by atoms with E-state index in [-0.39, 0.29) is 18.4 Å². The van der Waals surface area contributed by atoms with Gasteiger partial charge in [0.2, 0.25) is 0 Å². The number of nitrogens with zero attached hydrogens (tertiary/aromatic N) is 3. The number of ether oxygens (including phenoxy) is 1. The van der Waals surface area contributed by atoms with E-state index in [1.807, 2.05) is 17.5 Å². The Morgan fingerprint density at radius 1 is 1.48 bits per heavy atom. The SMILES string of the molecule is Cn1cc(C(=O)N2C[C@H]3COCC[C@@]3(C(=O)O)C2)c(-c2cccs2)n1. The van der Waals surface area contributed by atoms with Crippen molar-refractivity contribution >= 4 is 23.2 Å². The molecule has 2 aliphatic heterocycles. The maximum atomic E-state index is 13.1. The molecule has 0 bridgehead atoms. The zero-order valence-electron chi connectivity index (χ0n) is 13.8. The summed E-state index contributed by atoms with van der Waals surface area (Å²) in [6.07, 6.45) is 2.16. The highest BCUT2D eigenvalue weighted by molar-refractivity contribution is 7.13. The van der Waals surface area contributed by atoms with Crippen molar-refractivity contribution in [3.63, 3.8) is 0 Å². The summed E-state index contributed by atoms with van der Waals surface area (Å²) in [6, 6.07) is 3.85. The molecule has 2 atom stereocenters. The van der Waals surface area contributed by atoms with Crippen molar-refractivity contribution in [1.82, 2.24) is 14.7 Å². The number of carboxylic acid groups (broad SMARTS) is 1. The van der Waals surface area contributed by atoms with Crippen molar-refractivity contribution in [3.8, 4) is 10.6 Å². The van der Waals surface area contributed by atoms with E-state index < -0.39 is 11.4 Å². The number of carbonyl (C=O) groups is 2. The van der Waals surface area contributed by atoms with Crippen LogP contribution in [-0.4, -0.2) is 58.0 Å². The second-order valence-electron chi connectivity index (χ2n) is 6.71. The van der Waals surface area contributed by atoms with Crippen molar-refractivity contribution in [2.75, 3.05) is 26.3 Å². The summed E-state index contributed by atoms with van der Waals surface area (Å²) in [6.45, 7) is 1.46. The summed E-state index contributed by atoms with van der Waals surface area (Å²) in [4.78, 5) is 27.6. The minimum Gasteiger partial charge on any atom is -0.481 e. The number of carboxylic acids is 1. The number of aryl methyl sites for hydroxylation is 1. The van der Waals surface area contributed by atoms with Crippen LogP contribution in [-0.2, 0) is 16.6 Å². The van der Waals surface area contributed by atoms with E-state index in [1.54, 1.807) is 22.8 Å². The summed E-state index contributed by atoms with van der Waals surface area (Å²) < 4.78 is 7.09. The molecule has 2 aliphatic rings. The van der Waals surface area contributed by atoms with Gasteiger partial charge in [0.25, 0.3) is 5.91 Å². The van der Waals surface area contributed by atoms with Gasteiger partial charge in [0.15, 0.2) is 0 Å². The van der Waals surface area contributed by atoms with Crippen molar-refractivity contribution in [1.29, 1.82) is 0 Å². The molecular weight excluding hydrogens is 342 g/mol. The molecule has 0 radical (unpaired) electrons. The third kappa shape index (κ3) is 2.56. The maximum Gasteiger partial charge on any atom is 0.311 e. The lowest BCUT2D eigenvalue weighted by molar-refractivity contribution is -0.157. The number of aromatic nitrogens is 2. The van der Waals surface area contributed by atoms with Gasteiger partial charge in [0.05, 0.1) is 22.5 Å². The number of thiophene rings is 1. The molecule has 0 saturated carbocycles. The fraction of sp³-hybridized carbons (Fsp3) is 0.471. The molecule has 0 aliphatic carbocycles. The molecule has 0 unspecified atom stereocenters. The highest BCUT2D eigenvalue weighted by Crippen LogP contribution is 2.43. The number of carbonyl (C=O) groups excluding carboxylic acids is 1. The van der Waals surface area contributed by atoms with Crippen LogP contribution in [0.15, 0.2) is 23.7 Å². The third-order valence-electron chi connectivity index (χ3n) is 5.23. The van der Waals surface area contributed by atoms with Gasteiger partial charge in [-0.15, -0.1) is 11.3 Å². The first-order chi connectivity index (χ1) is 12.0. The van der Waals surface area contributed by atoms with E-state index >= 15 is 0 Å². The van der Waals surface area contributed by atoms with Crippen molar-refractivity contribution in [2.24, 2.45) is 18.4 Å². The highest BCUT2D eigenvalue weighted by Gasteiger charge is 2.55. The Bertz CT molecular complexity index is 816. The number of rotatable bonds is 3. The van der Waals surface area contributed by atoms with Crippen molar-refractivity contribution < 1.29 is 19.4 Å². The van der Waals surface area contributed by atoms with Gasteiger partial charge >= 0.3 is 5.97 Å². The first-order valence-corrected chi connectivity index (χ1v) is 9.07. The van der Waals surface area contributed by atoms with Crippen LogP contribution < -0.4 is 0 Å². The normalized spacial score (nSPS) is 25.8. The Labute approximate surface area is 148 Å². The van der Waals surface area contributed by atoms with Gasteiger partial charge in [-0.2, -0.15) is 5.10 Å². The maximum absolute atomic E-state index is 13.1. The number of fused-ring (bicyclic) bond motifs is 1. The fourth-order valence-electron chi connectivity index (χ4n) is 3.86. The van der Waals surface area contributed by atoms with Crippen LogP contribution in [0.1, 0.15) is 16.8 Å². The Hall–Kier alpha value is -2.19. The Morgan fingerprint density at radius 3 is 3.00 bits per heavy atom. The quantitative estimate of drug-likeness (QED) is 0.900. The monoisotopic (exact) mass is 361 g/mol. The average molecular weight is 361 g/mol. The molecular formula is C17H19N3O4S. The van der Waals surface area contributed by atoms with Gasteiger partial charge in [-0.05, 0) is 17.9 Å². The van der Waals surface area contributed by atoms with Crippen LogP contribution in [0.4, 0.5) is 0 Å². The molecule has 2 saturated heterocycles. The first-order valence-electron chi connectivity index (χ1n) is 8.19. The lowest BCUT2D eigenvalue weighted by Crippen LogP contribution is -2.45. The molecule has 1 amide bonds. The molecule has 4 heterocycles. The van der Waals surface area contributed by atoms with Gasteiger partial charge in [0, 0.05) is 38.9 Å². The molecule has 132 valence electrons. The minimum absolute atomic E-state index is 0.161. The lowest BCUT2D eigenvalue weighted by atomic mass is 9.74. The topological polar surface area (TPSA) is 84.7 Å². The summed E-state index contributed by atoms with van der Waals surface area (Å²) in [5, 5.41) is 16.1. The lowest BCUT2D eigenvalue weighted by Gasteiger charge is -2.33. The Kier molecular flexibility index (Phi) is 3.88. The van der Waals surface area contributed by atoms with Crippen molar-refractivity contribution in [2.45, 2.75) is 6.42 Å². The predicted molar refractivity (Wildman–Crippen MR) is 91.4 cm³/mol. The highest BCUT2D eigenvalue weighted by atomic mass is 32.1. The molecule has 7 nitrogen and oxygen atoms in total. The molecule has 2 aromatic heterocycles. The molecule has 2 fully saturated rings. The minimum atomic E-state index is -0.890. The molecule has 8 heteroatoms. The number of hydrogen-bond acceptors (Lipinski definition) is 5. The van der Waals surface area contributed by atoms with Gasteiger partial charge < -0.3 is 14.7 Å². The molecule has 1 N–H and O–H groups in total. The van der Waals surface area contributed by atoms with E-state index in [1.165, 1.54) is 11.3 Å². The number of likely N-dealkylation sites (tertiary alicyclic amines) is 1. The molecule has 25 heavy (non-hydrogen) atoms. The summed E-state index contributed by atoms with van der Waals surface area (Å²) >= 11 is 1.53. The van der Waals surface area contributed by atoms with E-state index in [0.717, 1.165) is 4.88 Å². The van der Waals surface area contributed by atoms with Crippen LogP contribution in [0.25, 0.3) is 10.6 Å². The van der Waals surface area contributed by atoms with E-state index in [0.29, 0.717) is 37.4 Å². The smallest absolute Gasteiger partial charge is 0.311 e. The van der Waals surface area contributed by atoms with Crippen LogP contribution >= 0.6 is 11.3 Å². The van der Waals surface area contributed by atoms with Crippen LogP contribution in [0.3, 0.4) is 0 Å². The van der Waals surface area contributed by atoms with Gasteiger partial charge in [-0.25, -0.2) is 0 Å². The standard InChI is InChI=1S/C17H19N3O4S/c1-19-8-12(14(18-19)13-3-2-6-25-13)15(21)20-7-11-9-24-5-4-17(11,10-20)16(22)23/h2-3,6,8,11H,4-5,7,9-10H2,1H3,(H,22,23)/t11-,17+/m0/s1. The Balaban J connectivity index is 1.66. The second kappa shape index (κ2) is 5.96. The second-order valence-corrected chi connectivity index (χ2v) is 7.66. The zero-order chi connectivity index (χ0) is 17.6. The molecule has 0 aromatic carbocycles. The largest absolute Gasteiger partial charge is 0.481 e. The fourth-order valence-corrected chi connectivity index (χ4v) is 4.59. The molecule has 4 rings (SSSR count). The van der Waals surface area contributed by atoms with E-state index in [4.69, 9.17) is 4.74 Å². The van der Waals surface area contributed by atoms with Gasteiger partial charge in [0.1, 0.15) is 5.69 Å². The van der Waals surface area contributed by atoms with Crippen molar-refractivity contribution in [3.05, 3.63) is 29.3 Å². The average Bonchev–Trinajstić information content (AvgIpc) is 3.31. The Morgan fingerprint density at radius 2 is 2.32 bits per heavy atom. The van der Waals surface area contributed by atoms with Gasteiger partial charge in [-0.3, -0.25) is 14.3 Å². The van der Waals surface area contributed by atoms with Gasteiger partial charge in [-0.1, -0.05) is 6.07 Å². The van der Waals surface area contributed by atoms with Crippen LogP contribution in [0.5, 0.6) is 0 Å². The van der Waals surface area contributed by atoms with E-state index in [9.17, 15) is 14.7 Å². The third-order valence-corrected chi connectivity index (χ3v) is 6.11. The summed E-state index contributed by atoms with van der Waals surface area (Å²) in [5.74, 6) is -1.16. The predicted octanol–water partition coefficient (Wildman–Crippen LogP) is 1.71. The first kappa shape index (κ1) is 16.3. The molecule has 2 aromatic rings. The number of aliphatic carboxylic acids is 1. The van der Waals surface area contributed by atoms with Crippen LogP contribution in [0.2, 0.25) is 0 Å². The number of amides is 1. The molecule has 0 spiro atoms. The number of hydrogen-bond donors (Lipinski definition) is 1.